The van der Waals surface area contributed by atoms with Crippen molar-refractivity contribution in [3.63, 3.8) is 0 Å². The number of carbonyl (C=O) groups is 1. The number of rotatable bonds is 5. The van der Waals surface area contributed by atoms with Gasteiger partial charge in [-0.1, -0.05) is 43.3 Å². The van der Waals surface area contributed by atoms with Crippen LogP contribution in [0.25, 0.3) is 0 Å². The number of para-hydroxylation sites is 1. The van der Waals surface area contributed by atoms with Gasteiger partial charge in [-0.15, -0.1) is 11.8 Å². The van der Waals surface area contributed by atoms with E-state index in [1.165, 1.54) is 4.90 Å². The van der Waals surface area contributed by atoms with Crippen LogP contribution < -0.4 is 10.6 Å². The van der Waals surface area contributed by atoms with Crippen LogP contribution >= 0.6 is 11.8 Å². The molecular weight excluding hydrogens is 292 g/mol. The van der Waals surface area contributed by atoms with Crippen molar-refractivity contribution in [2.75, 3.05) is 17.6 Å². The summed E-state index contributed by atoms with van der Waals surface area (Å²) >= 11 is 1.76. The Morgan fingerprint density at radius 3 is 2.82 bits per heavy atom. The van der Waals surface area contributed by atoms with E-state index in [9.17, 15) is 4.79 Å². The number of benzene rings is 2. The van der Waals surface area contributed by atoms with Crippen LogP contribution in [0.1, 0.15) is 24.0 Å². The predicted octanol–water partition coefficient (Wildman–Crippen LogP) is 3.62. The first-order valence-corrected chi connectivity index (χ1v) is 8.59. The van der Waals surface area contributed by atoms with E-state index in [-0.39, 0.29) is 11.8 Å². The number of carbonyl (C=O) groups excluding carboxylic acids is 1. The Morgan fingerprint density at radius 1 is 1.18 bits per heavy atom. The maximum Gasteiger partial charge on any atom is 0.232 e. The highest BCUT2D eigenvalue weighted by molar-refractivity contribution is 7.99. The second kappa shape index (κ2) is 6.99. The molecule has 0 aromatic heterocycles. The van der Waals surface area contributed by atoms with E-state index in [1.54, 1.807) is 11.8 Å². The van der Waals surface area contributed by atoms with Gasteiger partial charge in [0.1, 0.15) is 0 Å². The van der Waals surface area contributed by atoms with Gasteiger partial charge in [-0.05, 0) is 29.8 Å². The van der Waals surface area contributed by atoms with Gasteiger partial charge >= 0.3 is 0 Å². The minimum absolute atomic E-state index is 0.0617. The van der Waals surface area contributed by atoms with E-state index in [2.05, 4.69) is 35.8 Å². The van der Waals surface area contributed by atoms with Crippen molar-refractivity contribution in [1.29, 1.82) is 0 Å². The third-order valence-electron chi connectivity index (χ3n) is 3.86. The molecule has 1 aliphatic heterocycles. The molecular formula is C18H20N2OS. The molecule has 1 atom stereocenters. The molecule has 4 heteroatoms. The average Bonchev–Trinajstić information content (AvgIpc) is 2.98. The maximum absolute atomic E-state index is 12.7. The van der Waals surface area contributed by atoms with E-state index < -0.39 is 0 Å². The van der Waals surface area contributed by atoms with Gasteiger partial charge in [0, 0.05) is 22.9 Å². The summed E-state index contributed by atoms with van der Waals surface area (Å²) in [5.74, 6) is 0.843. The van der Waals surface area contributed by atoms with Crippen molar-refractivity contribution in [3.8, 4) is 0 Å². The number of thioether (sulfide) groups is 1. The lowest BCUT2D eigenvalue weighted by Crippen LogP contribution is -2.22. The lowest BCUT2D eigenvalue weighted by Gasteiger charge is -2.15. The summed E-state index contributed by atoms with van der Waals surface area (Å²) < 4.78 is 0. The molecule has 0 spiro atoms. The van der Waals surface area contributed by atoms with Crippen molar-refractivity contribution in [3.05, 3.63) is 59.7 Å². The molecule has 0 unspecified atom stereocenters. The SMILES string of the molecule is CCNCc1ccccc1NC(=O)[C@@H]1CSc2ccccc21. The summed E-state index contributed by atoms with van der Waals surface area (Å²) in [7, 11) is 0. The van der Waals surface area contributed by atoms with Crippen LogP contribution in [-0.4, -0.2) is 18.2 Å². The average molecular weight is 312 g/mol. The van der Waals surface area contributed by atoms with Crippen molar-refractivity contribution in [2.45, 2.75) is 24.3 Å². The molecule has 0 aliphatic carbocycles. The molecule has 2 aromatic rings. The van der Waals surface area contributed by atoms with Gasteiger partial charge in [0.15, 0.2) is 0 Å². The van der Waals surface area contributed by atoms with Gasteiger partial charge in [-0.2, -0.15) is 0 Å². The standard InChI is InChI=1S/C18H20N2OS/c1-2-19-11-13-7-3-5-9-16(13)20-18(21)15-12-22-17-10-6-4-8-14(15)17/h3-10,15,19H,2,11-12H2,1H3,(H,20,21)/t15-/m1/s1. The molecule has 0 bridgehead atoms. The second-order valence-electron chi connectivity index (χ2n) is 5.33. The fourth-order valence-corrected chi connectivity index (χ4v) is 3.88. The summed E-state index contributed by atoms with van der Waals surface area (Å²) in [4.78, 5) is 13.9. The highest BCUT2D eigenvalue weighted by Gasteiger charge is 2.29. The molecule has 3 nitrogen and oxygen atoms in total. The summed E-state index contributed by atoms with van der Waals surface area (Å²) in [6, 6.07) is 16.2. The van der Waals surface area contributed by atoms with Crippen molar-refractivity contribution < 1.29 is 4.79 Å². The van der Waals surface area contributed by atoms with Crippen LogP contribution in [0.5, 0.6) is 0 Å². The van der Waals surface area contributed by atoms with E-state index in [4.69, 9.17) is 0 Å². The summed E-state index contributed by atoms with van der Waals surface area (Å²) in [6.45, 7) is 3.76. The van der Waals surface area contributed by atoms with Crippen molar-refractivity contribution >= 4 is 23.4 Å². The lowest BCUT2D eigenvalue weighted by atomic mass is 10.0. The zero-order valence-electron chi connectivity index (χ0n) is 12.6. The van der Waals surface area contributed by atoms with Gasteiger partial charge in [-0.25, -0.2) is 0 Å². The van der Waals surface area contributed by atoms with Crippen molar-refractivity contribution in [1.82, 2.24) is 5.32 Å². The third-order valence-corrected chi connectivity index (χ3v) is 5.04. The maximum atomic E-state index is 12.7. The molecule has 0 saturated carbocycles. The van der Waals surface area contributed by atoms with Gasteiger partial charge in [0.05, 0.1) is 5.92 Å². The third kappa shape index (κ3) is 3.18. The first-order chi connectivity index (χ1) is 10.8. The molecule has 0 fully saturated rings. The smallest absolute Gasteiger partial charge is 0.232 e. The molecule has 3 rings (SSSR count). The summed E-state index contributed by atoms with van der Waals surface area (Å²) in [6.07, 6.45) is 0. The number of anilines is 1. The monoisotopic (exact) mass is 312 g/mol. The highest BCUT2D eigenvalue weighted by Crippen LogP contribution is 2.39. The highest BCUT2D eigenvalue weighted by atomic mass is 32.2. The molecule has 2 aromatic carbocycles. The Balaban J connectivity index is 1.76. The largest absolute Gasteiger partial charge is 0.325 e. The van der Waals surface area contributed by atoms with E-state index in [0.717, 1.165) is 35.7 Å². The van der Waals surface area contributed by atoms with Crippen LogP contribution in [0.3, 0.4) is 0 Å². The number of amides is 1. The molecule has 114 valence electrons. The number of nitrogens with one attached hydrogen (secondary N) is 2. The quantitative estimate of drug-likeness (QED) is 0.886. The normalized spacial score (nSPS) is 16.3. The topological polar surface area (TPSA) is 41.1 Å². The van der Waals surface area contributed by atoms with Crippen LogP contribution in [0.4, 0.5) is 5.69 Å². The molecule has 1 heterocycles. The van der Waals surface area contributed by atoms with Gasteiger partial charge < -0.3 is 10.6 Å². The Kier molecular flexibility index (Phi) is 4.80. The molecule has 2 N–H and O–H groups in total. The lowest BCUT2D eigenvalue weighted by molar-refractivity contribution is -0.117. The molecule has 0 saturated heterocycles. The van der Waals surface area contributed by atoms with Crippen LogP contribution in [0.15, 0.2) is 53.4 Å². The van der Waals surface area contributed by atoms with Gasteiger partial charge in [0.25, 0.3) is 0 Å². The Morgan fingerprint density at radius 2 is 1.95 bits per heavy atom. The molecule has 0 radical (unpaired) electrons. The van der Waals surface area contributed by atoms with Crippen LogP contribution in [0.2, 0.25) is 0 Å². The molecule has 22 heavy (non-hydrogen) atoms. The van der Waals surface area contributed by atoms with Gasteiger partial charge in [0.2, 0.25) is 5.91 Å². The van der Waals surface area contributed by atoms with E-state index in [0.29, 0.717) is 0 Å². The number of hydrogen-bond acceptors (Lipinski definition) is 3. The van der Waals surface area contributed by atoms with E-state index >= 15 is 0 Å². The number of fused-ring (bicyclic) bond motifs is 1. The first kappa shape index (κ1) is 15.1. The number of hydrogen-bond donors (Lipinski definition) is 2. The summed E-state index contributed by atoms with van der Waals surface area (Å²) in [5, 5.41) is 6.42. The van der Waals surface area contributed by atoms with Crippen molar-refractivity contribution in [2.24, 2.45) is 0 Å². The summed E-state index contributed by atoms with van der Waals surface area (Å²) in [5.41, 5.74) is 3.17. The fraction of sp³-hybridized carbons (Fsp3) is 0.278. The predicted molar refractivity (Wildman–Crippen MR) is 92.4 cm³/mol. The van der Waals surface area contributed by atoms with Crippen LogP contribution in [-0.2, 0) is 11.3 Å². The molecule has 1 amide bonds. The van der Waals surface area contributed by atoms with Crippen LogP contribution in [0, 0.1) is 0 Å². The Bertz CT molecular complexity index is 672. The first-order valence-electron chi connectivity index (χ1n) is 7.60. The minimum Gasteiger partial charge on any atom is -0.325 e. The Hall–Kier alpha value is -1.78. The Labute approximate surface area is 135 Å². The second-order valence-corrected chi connectivity index (χ2v) is 6.39. The minimum atomic E-state index is -0.0617. The van der Waals surface area contributed by atoms with E-state index in [1.807, 2.05) is 30.3 Å². The fourth-order valence-electron chi connectivity index (χ4n) is 2.66. The zero-order valence-corrected chi connectivity index (χ0v) is 13.5. The van der Waals surface area contributed by atoms with Gasteiger partial charge in [-0.3, -0.25) is 4.79 Å². The molecule has 1 aliphatic rings. The zero-order chi connectivity index (χ0) is 15.4.